The Hall–Kier alpha value is -3.56. The molecule has 0 saturated carbocycles. The maximum atomic E-state index is 13.5. The van der Waals surface area contributed by atoms with Gasteiger partial charge in [-0.15, -0.1) is 0 Å². The van der Waals surface area contributed by atoms with E-state index in [1.165, 1.54) is 34.4 Å². The van der Waals surface area contributed by atoms with E-state index >= 15 is 0 Å². The van der Waals surface area contributed by atoms with E-state index in [-0.39, 0.29) is 11.9 Å². The van der Waals surface area contributed by atoms with Crippen molar-refractivity contribution in [3.63, 3.8) is 0 Å². The second-order valence-corrected chi connectivity index (χ2v) is 13.1. The first-order valence-corrected chi connectivity index (χ1v) is 16.8. The third-order valence-corrected chi connectivity index (χ3v) is 10.8. The molecular formula is C37H46FN3O4S. The van der Waals surface area contributed by atoms with Gasteiger partial charge in [-0.1, -0.05) is 25.5 Å². The zero-order valence-electron chi connectivity index (χ0n) is 27.6. The summed E-state index contributed by atoms with van der Waals surface area (Å²) in [5.41, 5.74) is 6.26. The first-order valence-electron chi connectivity index (χ1n) is 16.4. The molecule has 4 atom stereocenters. The fourth-order valence-electron chi connectivity index (χ4n) is 7.95. The highest BCUT2D eigenvalue weighted by Gasteiger charge is 2.41. The molecule has 7 nitrogen and oxygen atoms in total. The fourth-order valence-corrected chi connectivity index (χ4v) is 8.24. The van der Waals surface area contributed by atoms with Gasteiger partial charge < -0.3 is 29.2 Å². The molecule has 46 heavy (non-hydrogen) atoms. The van der Waals surface area contributed by atoms with Gasteiger partial charge in [0.05, 0.1) is 34.5 Å². The summed E-state index contributed by atoms with van der Waals surface area (Å²) in [4.78, 5) is 5.06. The van der Waals surface area contributed by atoms with Crippen molar-refractivity contribution >= 4 is 17.3 Å². The molecule has 1 fully saturated rings. The minimum absolute atomic E-state index is 0.0795. The summed E-state index contributed by atoms with van der Waals surface area (Å²) < 4.78 is 36.4. The second-order valence-electron chi connectivity index (χ2n) is 12.7. The van der Waals surface area contributed by atoms with Crippen LogP contribution in [-0.4, -0.2) is 63.0 Å². The number of halogens is 1. The molecule has 0 spiro atoms. The van der Waals surface area contributed by atoms with Gasteiger partial charge in [0, 0.05) is 32.2 Å². The molecule has 3 aromatic carbocycles. The number of rotatable bonds is 9. The van der Waals surface area contributed by atoms with E-state index in [0.29, 0.717) is 24.4 Å². The molecule has 0 radical (unpaired) electrons. The maximum Gasteiger partial charge on any atom is 0.169 e. The first kappa shape index (κ1) is 32.4. The van der Waals surface area contributed by atoms with E-state index in [2.05, 4.69) is 46.3 Å². The highest BCUT2D eigenvalue weighted by Crippen LogP contribution is 2.49. The van der Waals surface area contributed by atoms with E-state index in [9.17, 15) is 4.39 Å². The molecule has 3 heterocycles. The van der Waals surface area contributed by atoms with Crippen LogP contribution in [-0.2, 0) is 19.4 Å². The van der Waals surface area contributed by atoms with Gasteiger partial charge in [-0.05, 0) is 114 Å². The van der Waals surface area contributed by atoms with Crippen molar-refractivity contribution < 1.29 is 23.3 Å². The molecule has 3 aliphatic rings. The third kappa shape index (κ3) is 6.36. The van der Waals surface area contributed by atoms with Gasteiger partial charge in [-0.3, -0.25) is 4.90 Å². The lowest BCUT2D eigenvalue weighted by molar-refractivity contribution is 0.0376. The summed E-state index contributed by atoms with van der Waals surface area (Å²) in [6.45, 7) is 5.82. The number of ether oxygens (including phenoxy) is 4. The molecule has 1 saturated heterocycles. The Morgan fingerprint density at radius 2 is 1.41 bits per heavy atom. The minimum atomic E-state index is -0.238. The van der Waals surface area contributed by atoms with Gasteiger partial charge in [-0.25, -0.2) is 4.39 Å². The van der Waals surface area contributed by atoms with Crippen LogP contribution in [0.1, 0.15) is 66.1 Å². The summed E-state index contributed by atoms with van der Waals surface area (Å²) in [5.74, 6) is 3.91. The Morgan fingerprint density at radius 3 is 2.04 bits per heavy atom. The molecular weight excluding hydrogens is 601 g/mol. The van der Waals surface area contributed by atoms with Crippen molar-refractivity contribution in [3.8, 4) is 23.0 Å². The van der Waals surface area contributed by atoms with Crippen molar-refractivity contribution in [2.45, 2.75) is 57.7 Å². The predicted octanol–water partition coefficient (Wildman–Crippen LogP) is 6.87. The van der Waals surface area contributed by atoms with Gasteiger partial charge >= 0.3 is 0 Å². The van der Waals surface area contributed by atoms with Gasteiger partial charge in [0.25, 0.3) is 0 Å². The highest BCUT2D eigenvalue weighted by atomic mass is 32.1. The van der Waals surface area contributed by atoms with Gasteiger partial charge in [0.2, 0.25) is 0 Å². The minimum Gasteiger partial charge on any atom is -0.493 e. The zero-order chi connectivity index (χ0) is 32.4. The van der Waals surface area contributed by atoms with Crippen molar-refractivity contribution in [2.24, 2.45) is 11.8 Å². The SMILES string of the molecule is CCC1CN2CCc3cc(OC)c(OC)cc3C2CC1CC1c2cc(OC)c(OC)cc2CCN1C(=S)NCc1ccc(F)cc1. The number of nitrogens with one attached hydrogen (secondary N) is 1. The smallest absolute Gasteiger partial charge is 0.169 e. The summed E-state index contributed by atoms with van der Waals surface area (Å²) in [5, 5.41) is 4.21. The van der Waals surface area contributed by atoms with Crippen LogP contribution in [0.3, 0.4) is 0 Å². The van der Waals surface area contributed by atoms with Crippen LogP contribution in [0.4, 0.5) is 4.39 Å². The molecule has 246 valence electrons. The highest BCUT2D eigenvalue weighted by molar-refractivity contribution is 7.80. The van der Waals surface area contributed by atoms with Crippen LogP contribution < -0.4 is 24.3 Å². The molecule has 0 amide bonds. The van der Waals surface area contributed by atoms with Gasteiger partial charge in [0.1, 0.15) is 5.82 Å². The Bertz CT molecular complexity index is 1550. The quantitative estimate of drug-likeness (QED) is 0.253. The zero-order valence-corrected chi connectivity index (χ0v) is 28.4. The number of fused-ring (bicyclic) bond motifs is 4. The number of piperidine rings is 1. The fraction of sp³-hybridized carbons (Fsp3) is 0.486. The standard InChI is InChI=1S/C37H46FN3O4S/c1-6-24-22-40-13-11-25-17-33(42-2)35(44-4)19-29(25)31(40)15-27(24)16-32-30-20-36(45-5)34(43-3)18-26(30)12-14-41(32)37(46)39-21-23-7-9-28(38)10-8-23/h7-10,17-20,24,27,31-32H,6,11-16,21-22H2,1-5H3,(H,39,46). The number of hydrogen-bond donors (Lipinski definition) is 1. The summed E-state index contributed by atoms with van der Waals surface area (Å²) in [6.07, 6.45) is 5.06. The molecule has 9 heteroatoms. The number of methoxy groups -OCH3 is 4. The van der Waals surface area contributed by atoms with Crippen LogP contribution in [0.2, 0.25) is 0 Å². The lowest BCUT2D eigenvalue weighted by Crippen LogP contribution is -2.49. The Kier molecular flexibility index (Phi) is 9.89. The normalized spacial score (nSPS) is 22.3. The first-order chi connectivity index (χ1) is 22.4. The molecule has 1 N–H and O–H groups in total. The summed E-state index contributed by atoms with van der Waals surface area (Å²) >= 11 is 6.09. The lowest BCUT2D eigenvalue weighted by atomic mass is 9.72. The van der Waals surface area contributed by atoms with Crippen molar-refractivity contribution in [1.82, 2.24) is 15.1 Å². The summed E-state index contributed by atoms with van der Waals surface area (Å²) in [7, 11) is 6.81. The number of benzene rings is 3. The Balaban J connectivity index is 1.32. The molecule has 3 aromatic rings. The Labute approximate surface area is 278 Å². The molecule has 3 aliphatic heterocycles. The number of nitrogens with zero attached hydrogens (tertiary/aromatic N) is 2. The summed E-state index contributed by atoms with van der Waals surface area (Å²) in [6, 6.07) is 15.7. The maximum absolute atomic E-state index is 13.5. The monoisotopic (exact) mass is 647 g/mol. The van der Waals surface area contributed by atoms with Gasteiger partial charge in [-0.2, -0.15) is 0 Å². The third-order valence-electron chi connectivity index (χ3n) is 10.4. The average Bonchev–Trinajstić information content (AvgIpc) is 3.09. The Morgan fingerprint density at radius 1 is 0.826 bits per heavy atom. The second kappa shape index (κ2) is 14.1. The van der Waals surface area contributed by atoms with Crippen LogP contribution in [0.5, 0.6) is 23.0 Å². The lowest BCUT2D eigenvalue weighted by Gasteiger charge is -2.49. The van der Waals surface area contributed by atoms with E-state index < -0.39 is 0 Å². The van der Waals surface area contributed by atoms with Crippen LogP contribution in [0.25, 0.3) is 0 Å². The van der Waals surface area contributed by atoms with Crippen molar-refractivity contribution in [2.75, 3.05) is 48.1 Å². The molecule has 0 bridgehead atoms. The van der Waals surface area contributed by atoms with Crippen molar-refractivity contribution in [1.29, 1.82) is 0 Å². The average molecular weight is 648 g/mol. The number of hydrogen-bond acceptors (Lipinski definition) is 6. The largest absolute Gasteiger partial charge is 0.493 e. The van der Waals surface area contributed by atoms with E-state index in [0.717, 1.165) is 85.4 Å². The van der Waals surface area contributed by atoms with Crippen LogP contribution >= 0.6 is 12.2 Å². The van der Waals surface area contributed by atoms with E-state index in [1.54, 1.807) is 40.6 Å². The topological polar surface area (TPSA) is 55.4 Å². The van der Waals surface area contributed by atoms with E-state index in [4.69, 9.17) is 31.2 Å². The molecule has 4 unspecified atom stereocenters. The number of thiocarbonyl (C=S) groups is 1. The molecule has 0 aromatic heterocycles. The van der Waals surface area contributed by atoms with Gasteiger partial charge in [0.15, 0.2) is 28.1 Å². The van der Waals surface area contributed by atoms with Crippen LogP contribution in [0, 0.1) is 17.7 Å². The molecule has 0 aliphatic carbocycles. The van der Waals surface area contributed by atoms with E-state index in [1.807, 2.05) is 0 Å². The predicted molar refractivity (Wildman–Crippen MR) is 183 cm³/mol. The van der Waals surface area contributed by atoms with Crippen LogP contribution in [0.15, 0.2) is 48.5 Å². The molecule has 6 rings (SSSR count). The van der Waals surface area contributed by atoms with Crippen molar-refractivity contribution in [3.05, 3.63) is 82.2 Å².